The topological polar surface area (TPSA) is 26.3 Å². The smallest absolute Gasteiger partial charge is 0.163 e. The van der Waals surface area contributed by atoms with Crippen LogP contribution in [0.4, 0.5) is 4.39 Å². The Labute approximate surface area is 141 Å². The summed E-state index contributed by atoms with van der Waals surface area (Å²) in [6.45, 7) is 4.32. The lowest BCUT2D eigenvalue weighted by atomic mass is 9.94. The summed E-state index contributed by atoms with van der Waals surface area (Å²) in [6, 6.07) is 9.88. The van der Waals surface area contributed by atoms with Crippen LogP contribution in [0, 0.1) is 11.7 Å². The van der Waals surface area contributed by atoms with Gasteiger partial charge in [-0.15, -0.1) is 0 Å². The van der Waals surface area contributed by atoms with Crippen LogP contribution >= 0.6 is 11.6 Å². The number of hydrogen-bond donors (Lipinski definition) is 0. The Morgan fingerprint density at radius 2 is 1.87 bits per heavy atom. The molecule has 0 aromatic heterocycles. The molecule has 23 heavy (non-hydrogen) atoms. The Balaban J connectivity index is 2.46. The predicted molar refractivity (Wildman–Crippen MR) is 91.3 cm³/mol. The molecule has 0 unspecified atom stereocenters. The van der Waals surface area contributed by atoms with Gasteiger partial charge in [0.1, 0.15) is 5.82 Å². The first-order chi connectivity index (χ1) is 10.9. The Morgan fingerprint density at radius 1 is 1.17 bits per heavy atom. The molecule has 0 aliphatic rings. The molecule has 2 nitrogen and oxygen atoms in total. The molecule has 0 spiro atoms. The fourth-order valence-corrected chi connectivity index (χ4v) is 2.66. The molecule has 0 heterocycles. The van der Waals surface area contributed by atoms with Gasteiger partial charge in [0, 0.05) is 29.7 Å². The molecule has 0 N–H and O–H groups in total. The van der Waals surface area contributed by atoms with Crippen LogP contribution in [-0.4, -0.2) is 12.9 Å². The molecule has 2 rings (SSSR count). The van der Waals surface area contributed by atoms with Crippen molar-refractivity contribution in [1.29, 1.82) is 0 Å². The molecule has 0 bridgehead atoms. The zero-order valence-electron chi connectivity index (χ0n) is 13.5. The third-order valence-corrected chi connectivity index (χ3v) is 3.78. The minimum atomic E-state index is -0.392. The fraction of sp³-hybridized carbons (Fsp3) is 0.316. The SMILES string of the molecule is COCc1cc(C(=O)CC(C)C)ccc1-c1ccc(Cl)cc1F. The minimum Gasteiger partial charge on any atom is -0.380 e. The first kappa shape index (κ1) is 17.6. The van der Waals surface area contributed by atoms with Crippen LogP contribution in [0.3, 0.4) is 0 Å². The van der Waals surface area contributed by atoms with Crippen molar-refractivity contribution in [3.8, 4) is 11.1 Å². The number of hydrogen-bond acceptors (Lipinski definition) is 2. The summed E-state index contributed by atoms with van der Waals surface area (Å²) < 4.78 is 19.4. The number of carbonyl (C=O) groups excluding carboxylic acids is 1. The largest absolute Gasteiger partial charge is 0.380 e. The summed E-state index contributed by atoms with van der Waals surface area (Å²) >= 11 is 5.81. The van der Waals surface area contributed by atoms with Crippen molar-refractivity contribution in [3.05, 3.63) is 58.4 Å². The van der Waals surface area contributed by atoms with Gasteiger partial charge < -0.3 is 4.74 Å². The van der Waals surface area contributed by atoms with E-state index in [-0.39, 0.29) is 5.78 Å². The average molecular weight is 335 g/mol. The Morgan fingerprint density at radius 3 is 2.48 bits per heavy atom. The van der Waals surface area contributed by atoms with Gasteiger partial charge in [-0.1, -0.05) is 37.6 Å². The van der Waals surface area contributed by atoms with Gasteiger partial charge in [0.15, 0.2) is 5.78 Å². The molecule has 0 amide bonds. The number of rotatable bonds is 6. The van der Waals surface area contributed by atoms with Crippen molar-refractivity contribution in [2.45, 2.75) is 26.9 Å². The van der Waals surface area contributed by atoms with Crippen LogP contribution in [0.2, 0.25) is 5.02 Å². The maximum Gasteiger partial charge on any atom is 0.163 e. The van der Waals surface area contributed by atoms with Crippen molar-refractivity contribution in [1.82, 2.24) is 0 Å². The lowest BCUT2D eigenvalue weighted by molar-refractivity contribution is 0.0967. The zero-order chi connectivity index (χ0) is 17.0. The van der Waals surface area contributed by atoms with Gasteiger partial charge in [0.05, 0.1) is 6.61 Å². The van der Waals surface area contributed by atoms with Gasteiger partial charge in [0.25, 0.3) is 0 Å². The second-order valence-electron chi connectivity index (χ2n) is 5.95. The summed E-state index contributed by atoms with van der Waals surface area (Å²) in [4.78, 5) is 12.2. The van der Waals surface area contributed by atoms with E-state index in [1.807, 2.05) is 13.8 Å². The van der Waals surface area contributed by atoms with Gasteiger partial charge in [0.2, 0.25) is 0 Å². The highest BCUT2D eigenvalue weighted by molar-refractivity contribution is 6.30. The summed E-state index contributed by atoms with van der Waals surface area (Å²) in [5.74, 6) is -0.0154. The van der Waals surface area contributed by atoms with Crippen molar-refractivity contribution in [3.63, 3.8) is 0 Å². The number of ketones is 1. The van der Waals surface area contributed by atoms with E-state index in [0.29, 0.717) is 40.7 Å². The Kier molecular flexibility index (Phi) is 5.91. The van der Waals surface area contributed by atoms with E-state index < -0.39 is 5.82 Å². The molecule has 0 atom stereocenters. The second kappa shape index (κ2) is 7.71. The number of benzene rings is 2. The third kappa shape index (κ3) is 4.40. The van der Waals surface area contributed by atoms with E-state index in [4.69, 9.17) is 16.3 Å². The van der Waals surface area contributed by atoms with E-state index in [1.54, 1.807) is 37.4 Å². The van der Waals surface area contributed by atoms with E-state index >= 15 is 0 Å². The van der Waals surface area contributed by atoms with Crippen molar-refractivity contribution < 1.29 is 13.9 Å². The summed E-state index contributed by atoms with van der Waals surface area (Å²) in [5.41, 5.74) is 2.57. The molecular weight excluding hydrogens is 315 g/mol. The maximum absolute atomic E-state index is 14.2. The summed E-state index contributed by atoms with van der Waals surface area (Å²) in [7, 11) is 1.57. The molecule has 4 heteroatoms. The molecular formula is C19H20ClFO2. The molecule has 0 radical (unpaired) electrons. The van der Waals surface area contributed by atoms with E-state index in [1.165, 1.54) is 6.07 Å². The molecule has 0 aliphatic heterocycles. The lowest BCUT2D eigenvalue weighted by Crippen LogP contribution is -2.05. The highest BCUT2D eigenvalue weighted by Gasteiger charge is 2.14. The number of Topliss-reactive ketones (excluding diaryl/α,β-unsaturated/α-hetero) is 1. The predicted octanol–water partition coefficient (Wildman–Crippen LogP) is 5.52. The monoisotopic (exact) mass is 334 g/mol. The normalized spacial score (nSPS) is 11.0. The zero-order valence-corrected chi connectivity index (χ0v) is 14.3. The average Bonchev–Trinajstić information content (AvgIpc) is 2.47. The molecule has 0 saturated carbocycles. The molecule has 0 saturated heterocycles. The van der Waals surface area contributed by atoms with Gasteiger partial charge in [-0.05, 0) is 41.3 Å². The standard InChI is InChI=1S/C19H20ClFO2/c1-12(2)8-19(22)13-4-6-16(14(9-13)11-23-3)17-7-5-15(20)10-18(17)21/h4-7,9-10,12H,8,11H2,1-3H3. The van der Waals surface area contributed by atoms with E-state index in [0.717, 1.165) is 5.56 Å². The molecule has 0 fully saturated rings. The van der Waals surface area contributed by atoms with Crippen LogP contribution in [0.15, 0.2) is 36.4 Å². The third-order valence-electron chi connectivity index (χ3n) is 3.54. The Hall–Kier alpha value is -1.71. The van der Waals surface area contributed by atoms with Crippen molar-refractivity contribution in [2.75, 3.05) is 7.11 Å². The van der Waals surface area contributed by atoms with Crippen molar-refractivity contribution in [2.24, 2.45) is 5.92 Å². The summed E-state index contributed by atoms with van der Waals surface area (Å²) in [6.07, 6.45) is 0.487. The van der Waals surface area contributed by atoms with Gasteiger partial charge >= 0.3 is 0 Å². The lowest BCUT2D eigenvalue weighted by Gasteiger charge is -2.13. The molecule has 2 aromatic rings. The van der Waals surface area contributed by atoms with Gasteiger partial charge in [-0.25, -0.2) is 4.39 Å². The molecule has 2 aromatic carbocycles. The number of halogens is 2. The fourth-order valence-electron chi connectivity index (χ4n) is 2.50. The van der Waals surface area contributed by atoms with Crippen LogP contribution in [0.25, 0.3) is 11.1 Å². The van der Waals surface area contributed by atoms with E-state index in [9.17, 15) is 9.18 Å². The molecule has 0 aliphatic carbocycles. The Bertz CT molecular complexity index is 711. The highest BCUT2D eigenvalue weighted by Crippen LogP contribution is 2.30. The van der Waals surface area contributed by atoms with Crippen LogP contribution in [-0.2, 0) is 11.3 Å². The maximum atomic E-state index is 14.2. The summed E-state index contributed by atoms with van der Waals surface area (Å²) in [5, 5.41) is 0.350. The van der Waals surface area contributed by atoms with Crippen LogP contribution in [0.1, 0.15) is 36.2 Å². The minimum absolute atomic E-state index is 0.0838. The number of carbonyl (C=O) groups is 1. The van der Waals surface area contributed by atoms with Gasteiger partial charge in [-0.3, -0.25) is 4.79 Å². The van der Waals surface area contributed by atoms with Crippen molar-refractivity contribution >= 4 is 17.4 Å². The van der Waals surface area contributed by atoms with Crippen LogP contribution in [0.5, 0.6) is 0 Å². The molecule has 122 valence electrons. The van der Waals surface area contributed by atoms with E-state index in [2.05, 4.69) is 0 Å². The quantitative estimate of drug-likeness (QED) is 0.650. The number of ether oxygens (including phenoxy) is 1. The first-order valence-electron chi connectivity index (χ1n) is 7.53. The second-order valence-corrected chi connectivity index (χ2v) is 6.39. The highest BCUT2D eigenvalue weighted by atomic mass is 35.5. The van der Waals surface area contributed by atoms with Gasteiger partial charge in [-0.2, -0.15) is 0 Å². The first-order valence-corrected chi connectivity index (χ1v) is 7.90. The number of methoxy groups -OCH3 is 1. The van der Waals surface area contributed by atoms with Crippen LogP contribution < -0.4 is 0 Å².